The van der Waals surface area contributed by atoms with Gasteiger partial charge in [-0.05, 0) is 74.5 Å². The van der Waals surface area contributed by atoms with Crippen molar-refractivity contribution in [1.29, 1.82) is 0 Å². The molecular formula is C21H32O. The first-order valence-corrected chi connectivity index (χ1v) is 9.59. The number of hydrogen-bond donors (Lipinski definition) is 1. The number of aliphatic hydroxyl groups excluding tert-OH is 1. The van der Waals surface area contributed by atoms with Crippen LogP contribution in [0.3, 0.4) is 0 Å². The van der Waals surface area contributed by atoms with Crippen LogP contribution in [0.1, 0.15) is 72.1 Å². The van der Waals surface area contributed by atoms with E-state index in [0.29, 0.717) is 10.8 Å². The molecule has 4 rings (SSSR count). The summed E-state index contributed by atoms with van der Waals surface area (Å²) >= 11 is 0. The minimum atomic E-state index is -0.0254. The molecule has 3 fully saturated rings. The van der Waals surface area contributed by atoms with Gasteiger partial charge < -0.3 is 5.11 Å². The molecule has 0 aromatic heterocycles. The van der Waals surface area contributed by atoms with E-state index < -0.39 is 0 Å². The molecule has 6 atom stereocenters. The Balaban J connectivity index is 1.64. The van der Waals surface area contributed by atoms with Crippen molar-refractivity contribution in [3.05, 3.63) is 23.3 Å². The number of hydrogen-bond acceptors (Lipinski definition) is 1. The van der Waals surface area contributed by atoms with Crippen LogP contribution in [0.25, 0.3) is 0 Å². The van der Waals surface area contributed by atoms with E-state index in [2.05, 4.69) is 32.9 Å². The molecular weight excluding hydrogens is 268 g/mol. The van der Waals surface area contributed by atoms with Gasteiger partial charge in [0.2, 0.25) is 0 Å². The molecule has 4 aliphatic carbocycles. The van der Waals surface area contributed by atoms with E-state index in [-0.39, 0.29) is 6.10 Å². The molecule has 0 bridgehead atoms. The fourth-order valence-electron chi connectivity index (χ4n) is 6.81. The fourth-order valence-corrected chi connectivity index (χ4v) is 6.81. The number of fused-ring (bicyclic) bond motifs is 5. The Kier molecular flexibility index (Phi) is 3.39. The molecule has 3 saturated carbocycles. The number of allylic oxidation sites excluding steroid dienone is 4. The van der Waals surface area contributed by atoms with Crippen LogP contribution >= 0.6 is 0 Å². The third-order valence-corrected chi connectivity index (χ3v) is 8.21. The molecule has 1 heteroatoms. The molecule has 1 N–H and O–H groups in total. The van der Waals surface area contributed by atoms with E-state index in [0.717, 1.165) is 30.6 Å². The lowest BCUT2D eigenvalue weighted by Crippen LogP contribution is -2.51. The van der Waals surface area contributed by atoms with Crippen LogP contribution in [0.4, 0.5) is 0 Å². The summed E-state index contributed by atoms with van der Waals surface area (Å²) in [5.74, 6) is 2.45. The van der Waals surface area contributed by atoms with Crippen LogP contribution < -0.4 is 0 Å². The van der Waals surface area contributed by atoms with Crippen LogP contribution in [-0.2, 0) is 0 Å². The Morgan fingerprint density at radius 3 is 2.68 bits per heavy atom. The first-order chi connectivity index (χ1) is 10.5. The van der Waals surface area contributed by atoms with E-state index in [1.807, 2.05) is 0 Å². The summed E-state index contributed by atoms with van der Waals surface area (Å²) in [6, 6.07) is 0. The molecule has 4 aliphatic rings. The SMILES string of the molecule is CCC1=CC=C2[C@@H]3CC[C@H]4C[C@@H](O)CC[C@]4(C)[C@H]3CC[C@]12C. The van der Waals surface area contributed by atoms with Gasteiger partial charge in [-0.1, -0.05) is 44.1 Å². The second-order valence-electron chi connectivity index (χ2n) is 8.96. The molecule has 0 unspecified atom stereocenters. The second-order valence-corrected chi connectivity index (χ2v) is 8.96. The average Bonchev–Trinajstić information content (AvgIpc) is 2.84. The maximum Gasteiger partial charge on any atom is 0.0543 e. The van der Waals surface area contributed by atoms with Crippen LogP contribution in [0.2, 0.25) is 0 Å². The van der Waals surface area contributed by atoms with Crippen molar-refractivity contribution in [3.63, 3.8) is 0 Å². The highest BCUT2D eigenvalue weighted by molar-refractivity contribution is 5.43. The summed E-state index contributed by atoms with van der Waals surface area (Å²) in [4.78, 5) is 0. The van der Waals surface area contributed by atoms with Crippen LogP contribution in [0, 0.1) is 28.6 Å². The van der Waals surface area contributed by atoms with E-state index in [9.17, 15) is 5.11 Å². The Morgan fingerprint density at radius 2 is 1.91 bits per heavy atom. The number of rotatable bonds is 1. The summed E-state index contributed by atoms with van der Waals surface area (Å²) < 4.78 is 0. The summed E-state index contributed by atoms with van der Waals surface area (Å²) in [5, 5.41) is 10.1. The van der Waals surface area contributed by atoms with Gasteiger partial charge in [0.05, 0.1) is 6.10 Å². The largest absolute Gasteiger partial charge is 0.393 e. The normalized spacial score (nSPS) is 50.5. The van der Waals surface area contributed by atoms with Gasteiger partial charge in [0.15, 0.2) is 0 Å². The van der Waals surface area contributed by atoms with Crippen molar-refractivity contribution in [3.8, 4) is 0 Å². The van der Waals surface area contributed by atoms with Crippen molar-refractivity contribution in [1.82, 2.24) is 0 Å². The highest BCUT2D eigenvalue weighted by atomic mass is 16.3. The average molecular weight is 300 g/mol. The molecule has 22 heavy (non-hydrogen) atoms. The van der Waals surface area contributed by atoms with Crippen molar-refractivity contribution < 1.29 is 5.11 Å². The van der Waals surface area contributed by atoms with Crippen LogP contribution in [0.5, 0.6) is 0 Å². The monoisotopic (exact) mass is 300 g/mol. The lowest BCUT2D eigenvalue weighted by Gasteiger charge is -2.59. The minimum absolute atomic E-state index is 0.0254. The van der Waals surface area contributed by atoms with Crippen molar-refractivity contribution in [2.45, 2.75) is 78.2 Å². The summed E-state index contributed by atoms with van der Waals surface area (Å²) in [5.41, 5.74) is 4.31. The van der Waals surface area contributed by atoms with Gasteiger partial charge in [-0.25, -0.2) is 0 Å². The molecule has 0 spiro atoms. The summed E-state index contributed by atoms with van der Waals surface area (Å²) in [7, 11) is 0. The zero-order chi connectivity index (χ0) is 15.5. The van der Waals surface area contributed by atoms with E-state index >= 15 is 0 Å². The Bertz CT molecular complexity index is 530. The Hall–Kier alpha value is -0.560. The van der Waals surface area contributed by atoms with E-state index in [1.54, 1.807) is 11.1 Å². The fraction of sp³-hybridized carbons (Fsp3) is 0.810. The molecule has 0 aliphatic heterocycles. The molecule has 1 nitrogen and oxygen atoms in total. The highest BCUT2D eigenvalue weighted by Gasteiger charge is 2.56. The molecule has 0 aromatic rings. The molecule has 0 saturated heterocycles. The van der Waals surface area contributed by atoms with Crippen molar-refractivity contribution in [2.24, 2.45) is 28.6 Å². The first-order valence-electron chi connectivity index (χ1n) is 9.59. The minimum Gasteiger partial charge on any atom is -0.393 e. The third kappa shape index (κ3) is 1.87. The zero-order valence-corrected chi connectivity index (χ0v) is 14.6. The molecule has 0 amide bonds. The maximum absolute atomic E-state index is 10.1. The Labute approximate surface area is 135 Å². The van der Waals surface area contributed by atoms with Crippen LogP contribution in [0.15, 0.2) is 23.3 Å². The second kappa shape index (κ2) is 4.97. The quantitative estimate of drug-likeness (QED) is 0.700. The van der Waals surface area contributed by atoms with E-state index in [1.165, 1.54) is 38.5 Å². The lowest BCUT2D eigenvalue weighted by atomic mass is 9.46. The van der Waals surface area contributed by atoms with Gasteiger partial charge in [0, 0.05) is 5.41 Å². The van der Waals surface area contributed by atoms with Gasteiger partial charge in [-0.3, -0.25) is 0 Å². The van der Waals surface area contributed by atoms with Gasteiger partial charge in [-0.15, -0.1) is 0 Å². The van der Waals surface area contributed by atoms with Gasteiger partial charge in [0.1, 0.15) is 0 Å². The summed E-state index contributed by atoms with van der Waals surface area (Å²) in [6.45, 7) is 7.39. The first kappa shape index (κ1) is 15.0. The van der Waals surface area contributed by atoms with Crippen molar-refractivity contribution in [2.75, 3.05) is 0 Å². The van der Waals surface area contributed by atoms with Crippen molar-refractivity contribution >= 4 is 0 Å². The topological polar surface area (TPSA) is 20.2 Å². The van der Waals surface area contributed by atoms with Gasteiger partial charge in [-0.2, -0.15) is 0 Å². The van der Waals surface area contributed by atoms with Gasteiger partial charge in [0.25, 0.3) is 0 Å². The standard InChI is InChI=1S/C21H32O/c1-4-14-6-8-18-17-7-5-15-13-16(22)9-11-21(15,3)19(17)10-12-20(14,18)2/h6,8,15-17,19,22H,4-5,7,9-13H2,1-3H3/t15-,16-,17-,19-,20+,21-/m0/s1. The molecule has 0 radical (unpaired) electrons. The predicted octanol–water partition coefficient (Wildman–Crippen LogP) is 5.26. The predicted molar refractivity (Wildman–Crippen MR) is 91.5 cm³/mol. The molecule has 0 heterocycles. The third-order valence-electron chi connectivity index (χ3n) is 8.21. The zero-order valence-electron chi connectivity index (χ0n) is 14.6. The van der Waals surface area contributed by atoms with E-state index in [4.69, 9.17) is 0 Å². The van der Waals surface area contributed by atoms with Crippen LogP contribution in [-0.4, -0.2) is 11.2 Å². The molecule has 0 aromatic carbocycles. The maximum atomic E-state index is 10.1. The smallest absolute Gasteiger partial charge is 0.0543 e. The number of aliphatic hydroxyl groups is 1. The van der Waals surface area contributed by atoms with Gasteiger partial charge >= 0.3 is 0 Å². The highest BCUT2D eigenvalue weighted by Crippen LogP contribution is 2.65. The summed E-state index contributed by atoms with van der Waals surface area (Å²) in [6.07, 6.45) is 14.9. The molecule has 122 valence electrons. The lowest BCUT2D eigenvalue weighted by molar-refractivity contribution is -0.0795. The Morgan fingerprint density at radius 1 is 1.09 bits per heavy atom.